The Hall–Kier alpha value is -2.23. The molecule has 0 fully saturated rings. The number of anilines is 1. The van der Waals surface area contributed by atoms with Gasteiger partial charge in [-0.05, 0) is 18.2 Å². The smallest absolute Gasteiger partial charge is 0.272 e. The molecule has 8 nitrogen and oxygen atoms in total. The fourth-order valence-electron chi connectivity index (χ4n) is 2.27. The van der Waals surface area contributed by atoms with Crippen LogP contribution in [0.3, 0.4) is 0 Å². The number of halogens is 2. The summed E-state index contributed by atoms with van der Waals surface area (Å²) in [6.45, 7) is 0. The molecule has 27 heavy (non-hydrogen) atoms. The molecular weight excluding hydrogens is 419 g/mol. The van der Waals surface area contributed by atoms with Crippen molar-refractivity contribution in [3.05, 3.63) is 39.9 Å². The number of sulfonamides is 1. The van der Waals surface area contributed by atoms with E-state index in [1.807, 2.05) is 0 Å². The van der Waals surface area contributed by atoms with E-state index in [1.165, 1.54) is 45.6 Å². The predicted octanol–water partition coefficient (Wildman–Crippen LogP) is 3.02. The lowest BCUT2D eigenvalue weighted by Crippen LogP contribution is -2.36. The van der Waals surface area contributed by atoms with Crippen molar-refractivity contribution in [1.82, 2.24) is 4.98 Å². The number of pyridine rings is 1. The number of aromatic nitrogens is 1. The molecule has 1 aromatic carbocycles. The summed E-state index contributed by atoms with van der Waals surface area (Å²) in [5, 5.41) is 0.114. The Morgan fingerprint density at radius 3 is 2.07 bits per heavy atom. The van der Waals surface area contributed by atoms with Crippen LogP contribution in [0.2, 0.25) is 10.0 Å². The first-order valence-corrected chi connectivity index (χ1v) is 9.91. The summed E-state index contributed by atoms with van der Waals surface area (Å²) in [5.74, 6) is -0.649. The quantitative estimate of drug-likeness (QED) is 0.689. The van der Waals surface area contributed by atoms with Crippen molar-refractivity contribution in [2.75, 3.05) is 31.9 Å². The summed E-state index contributed by atoms with van der Waals surface area (Å²) in [7, 11) is -0.00682. The van der Waals surface area contributed by atoms with E-state index in [-0.39, 0.29) is 38.8 Å². The number of hydrogen-bond acceptors (Lipinski definition) is 7. The molecule has 0 spiro atoms. The third-order valence-electron chi connectivity index (χ3n) is 3.40. The summed E-state index contributed by atoms with van der Waals surface area (Å²) >= 11 is 12.1. The Kier molecular flexibility index (Phi) is 6.40. The molecule has 0 aliphatic carbocycles. The van der Waals surface area contributed by atoms with Crippen LogP contribution in [0.15, 0.2) is 24.3 Å². The van der Waals surface area contributed by atoms with E-state index in [0.717, 1.165) is 6.26 Å². The Morgan fingerprint density at radius 1 is 1.04 bits per heavy atom. The van der Waals surface area contributed by atoms with Crippen LogP contribution < -0.4 is 18.5 Å². The van der Waals surface area contributed by atoms with E-state index in [2.05, 4.69) is 4.98 Å². The van der Waals surface area contributed by atoms with Crippen LogP contribution in [-0.4, -0.2) is 46.9 Å². The molecule has 0 unspecified atom stereocenters. The number of hydrogen-bond donors (Lipinski definition) is 0. The van der Waals surface area contributed by atoms with Gasteiger partial charge in [-0.2, -0.15) is 9.29 Å². The Morgan fingerprint density at radius 2 is 1.63 bits per heavy atom. The lowest BCUT2D eigenvalue weighted by Gasteiger charge is -2.22. The number of rotatable bonds is 6. The second kappa shape index (κ2) is 8.20. The molecule has 2 rings (SSSR count). The summed E-state index contributed by atoms with van der Waals surface area (Å²) in [6, 6.07) is 5.26. The first-order chi connectivity index (χ1) is 12.6. The van der Waals surface area contributed by atoms with Crippen molar-refractivity contribution in [2.45, 2.75) is 0 Å². The number of ether oxygens (including phenoxy) is 3. The van der Waals surface area contributed by atoms with Gasteiger partial charge in [0.2, 0.25) is 21.8 Å². The molecule has 1 aromatic heterocycles. The molecule has 1 amide bonds. The SMILES string of the molecule is COc1ccc(N(C(=O)c2cc(Cl)c(OC)c(Cl)c2)S(C)(=O)=O)c(OC)n1. The highest BCUT2D eigenvalue weighted by molar-refractivity contribution is 7.92. The summed E-state index contributed by atoms with van der Waals surface area (Å²) in [5.41, 5.74) is -0.150. The van der Waals surface area contributed by atoms with E-state index in [0.29, 0.717) is 4.31 Å². The van der Waals surface area contributed by atoms with E-state index in [1.54, 1.807) is 0 Å². The molecule has 0 atom stereocenters. The van der Waals surface area contributed by atoms with Gasteiger partial charge < -0.3 is 14.2 Å². The lowest BCUT2D eigenvalue weighted by molar-refractivity contribution is 0.100. The number of benzene rings is 1. The third-order valence-corrected chi connectivity index (χ3v) is 4.99. The minimum atomic E-state index is -4.05. The number of carbonyl (C=O) groups is 1. The summed E-state index contributed by atoms with van der Waals surface area (Å²) < 4.78 is 40.4. The van der Waals surface area contributed by atoms with Gasteiger partial charge in [-0.3, -0.25) is 4.79 Å². The second-order valence-corrected chi connectivity index (χ2v) is 7.83. The standard InChI is InChI=1S/C16H16Cl2N2O6S/c1-24-13-6-5-12(15(19-13)26-3)20(27(4,22)23)16(21)9-7-10(17)14(25-2)11(18)8-9/h5-8H,1-4H3. The normalized spacial score (nSPS) is 11.0. The van der Waals surface area contributed by atoms with Crippen LogP contribution in [0.4, 0.5) is 5.69 Å². The van der Waals surface area contributed by atoms with E-state index in [9.17, 15) is 13.2 Å². The Balaban J connectivity index is 2.64. The van der Waals surface area contributed by atoms with Gasteiger partial charge in [0.1, 0.15) is 5.69 Å². The van der Waals surface area contributed by atoms with Gasteiger partial charge in [0.15, 0.2) is 5.75 Å². The fraction of sp³-hybridized carbons (Fsp3) is 0.250. The van der Waals surface area contributed by atoms with E-state index in [4.69, 9.17) is 37.4 Å². The Labute approximate surface area is 166 Å². The molecule has 0 saturated heterocycles. The first-order valence-electron chi connectivity index (χ1n) is 7.30. The summed E-state index contributed by atoms with van der Waals surface area (Å²) in [4.78, 5) is 17.0. The number of methoxy groups -OCH3 is 3. The van der Waals surface area contributed by atoms with Crippen molar-refractivity contribution < 1.29 is 27.4 Å². The molecule has 0 bridgehead atoms. The molecule has 0 aliphatic heterocycles. The van der Waals surface area contributed by atoms with Crippen LogP contribution in [-0.2, 0) is 10.0 Å². The number of amides is 1. The average molecular weight is 435 g/mol. The molecule has 0 radical (unpaired) electrons. The topological polar surface area (TPSA) is 95.0 Å². The molecule has 0 aliphatic rings. The summed E-state index contributed by atoms with van der Waals surface area (Å²) in [6.07, 6.45) is 0.876. The molecule has 1 heterocycles. The molecular formula is C16H16Cl2N2O6S. The zero-order valence-corrected chi connectivity index (χ0v) is 17.1. The lowest BCUT2D eigenvalue weighted by atomic mass is 10.2. The average Bonchev–Trinajstić information content (AvgIpc) is 2.60. The van der Waals surface area contributed by atoms with Gasteiger partial charge in [-0.15, -0.1) is 0 Å². The molecule has 0 saturated carbocycles. The minimum absolute atomic E-state index is 0.0571. The third kappa shape index (κ3) is 4.37. The number of carbonyl (C=O) groups excluding carboxylic acids is 1. The van der Waals surface area contributed by atoms with Crippen LogP contribution in [0.25, 0.3) is 0 Å². The van der Waals surface area contributed by atoms with Crippen molar-refractivity contribution in [3.8, 4) is 17.5 Å². The highest BCUT2D eigenvalue weighted by Gasteiger charge is 2.31. The van der Waals surface area contributed by atoms with Crippen molar-refractivity contribution in [3.63, 3.8) is 0 Å². The number of nitrogens with zero attached hydrogens (tertiary/aromatic N) is 2. The zero-order chi connectivity index (χ0) is 20.4. The zero-order valence-electron chi connectivity index (χ0n) is 14.8. The molecule has 0 N–H and O–H groups in total. The molecule has 11 heteroatoms. The maximum Gasteiger partial charge on any atom is 0.272 e. The van der Waals surface area contributed by atoms with E-state index < -0.39 is 15.9 Å². The van der Waals surface area contributed by atoms with E-state index >= 15 is 0 Å². The largest absolute Gasteiger partial charge is 0.494 e. The van der Waals surface area contributed by atoms with Crippen LogP contribution in [0.5, 0.6) is 17.5 Å². The molecule has 146 valence electrons. The van der Waals surface area contributed by atoms with Crippen LogP contribution in [0.1, 0.15) is 10.4 Å². The highest BCUT2D eigenvalue weighted by Crippen LogP contribution is 2.36. The molecule has 2 aromatic rings. The highest BCUT2D eigenvalue weighted by atomic mass is 35.5. The van der Waals surface area contributed by atoms with Crippen molar-refractivity contribution in [2.24, 2.45) is 0 Å². The maximum absolute atomic E-state index is 13.0. The first kappa shape index (κ1) is 21.1. The van der Waals surface area contributed by atoms with Gasteiger partial charge in [-0.1, -0.05) is 23.2 Å². The monoisotopic (exact) mass is 434 g/mol. The Bertz CT molecular complexity index is 958. The van der Waals surface area contributed by atoms with Crippen molar-refractivity contribution in [1.29, 1.82) is 0 Å². The maximum atomic E-state index is 13.0. The minimum Gasteiger partial charge on any atom is -0.494 e. The van der Waals surface area contributed by atoms with Gasteiger partial charge in [0, 0.05) is 11.6 Å². The van der Waals surface area contributed by atoms with Crippen LogP contribution in [0, 0.1) is 0 Å². The van der Waals surface area contributed by atoms with Gasteiger partial charge >= 0.3 is 0 Å². The predicted molar refractivity (Wildman–Crippen MR) is 102 cm³/mol. The van der Waals surface area contributed by atoms with Gasteiger partial charge in [0.25, 0.3) is 5.91 Å². The van der Waals surface area contributed by atoms with Gasteiger partial charge in [-0.25, -0.2) is 8.42 Å². The fourth-order valence-corrected chi connectivity index (χ4v) is 3.81. The second-order valence-electron chi connectivity index (χ2n) is 5.19. The van der Waals surface area contributed by atoms with Crippen LogP contribution >= 0.6 is 23.2 Å². The van der Waals surface area contributed by atoms with Crippen molar-refractivity contribution >= 4 is 44.8 Å². The van der Waals surface area contributed by atoms with Gasteiger partial charge in [0.05, 0.1) is 37.6 Å².